The SMILES string of the molecule is CN(C)[C@H](CNC(=O)c1ccc(S(=O)(=O)N(C)c2ccccc2)cc1)c1cccs1. The van der Waals surface area contributed by atoms with E-state index in [1.54, 1.807) is 35.6 Å². The van der Waals surface area contributed by atoms with Crippen LogP contribution in [0.25, 0.3) is 0 Å². The fourth-order valence-electron chi connectivity index (χ4n) is 3.02. The van der Waals surface area contributed by atoms with Gasteiger partial charge in [-0.1, -0.05) is 24.3 Å². The first-order valence-electron chi connectivity index (χ1n) is 9.43. The number of amides is 1. The van der Waals surface area contributed by atoms with Gasteiger partial charge in [-0.15, -0.1) is 11.3 Å². The van der Waals surface area contributed by atoms with Gasteiger partial charge in [0.25, 0.3) is 15.9 Å². The Kier molecular flexibility index (Phi) is 6.91. The summed E-state index contributed by atoms with van der Waals surface area (Å²) in [6.45, 7) is 0.461. The molecular formula is C22H25N3O3S2. The first-order valence-corrected chi connectivity index (χ1v) is 11.7. The first-order chi connectivity index (χ1) is 14.3. The smallest absolute Gasteiger partial charge is 0.264 e. The lowest BCUT2D eigenvalue weighted by atomic mass is 10.2. The molecule has 0 saturated heterocycles. The molecular weight excluding hydrogens is 418 g/mol. The van der Waals surface area contributed by atoms with Gasteiger partial charge in [-0.05, 0) is 61.9 Å². The highest BCUT2D eigenvalue weighted by atomic mass is 32.2. The van der Waals surface area contributed by atoms with Gasteiger partial charge in [0.1, 0.15) is 0 Å². The van der Waals surface area contributed by atoms with E-state index in [0.717, 1.165) is 0 Å². The highest BCUT2D eigenvalue weighted by Gasteiger charge is 2.22. The number of nitrogens with one attached hydrogen (secondary N) is 1. The lowest BCUT2D eigenvalue weighted by molar-refractivity contribution is 0.0942. The molecule has 0 bridgehead atoms. The number of nitrogens with zero attached hydrogens (tertiary/aromatic N) is 2. The monoisotopic (exact) mass is 443 g/mol. The van der Waals surface area contributed by atoms with Crippen molar-refractivity contribution in [2.75, 3.05) is 32.0 Å². The molecule has 1 amide bonds. The average Bonchev–Trinajstić information content (AvgIpc) is 3.28. The molecule has 0 radical (unpaired) electrons. The molecule has 8 heteroatoms. The van der Waals surface area contributed by atoms with Crippen LogP contribution in [-0.2, 0) is 10.0 Å². The second-order valence-corrected chi connectivity index (χ2v) is 9.99. The van der Waals surface area contributed by atoms with Crippen LogP contribution in [0.15, 0.2) is 77.0 Å². The largest absolute Gasteiger partial charge is 0.350 e. The fourth-order valence-corrected chi connectivity index (χ4v) is 5.14. The number of thiophene rings is 1. The molecule has 1 aromatic heterocycles. The number of carbonyl (C=O) groups excluding carboxylic acids is 1. The summed E-state index contributed by atoms with van der Waals surface area (Å²) in [5, 5.41) is 4.95. The predicted octanol–water partition coefficient (Wildman–Crippen LogP) is 3.61. The van der Waals surface area contributed by atoms with Crippen LogP contribution < -0.4 is 9.62 Å². The third-order valence-corrected chi connectivity index (χ3v) is 7.62. The molecule has 0 unspecified atom stereocenters. The highest BCUT2D eigenvalue weighted by Crippen LogP contribution is 2.23. The Morgan fingerprint density at radius 3 is 2.20 bits per heavy atom. The van der Waals surface area contributed by atoms with Crippen LogP contribution >= 0.6 is 11.3 Å². The van der Waals surface area contributed by atoms with Crippen molar-refractivity contribution in [3.8, 4) is 0 Å². The minimum atomic E-state index is -3.70. The van der Waals surface area contributed by atoms with Crippen LogP contribution in [0.4, 0.5) is 5.69 Å². The maximum absolute atomic E-state index is 12.9. The molecule has 0 aliphatic rings. The molecule has 3 aromatic rings. The van der Waals surface area contributed by atoms with Crippen LogP contribution in [0.2, 0.25) is 0 Å². The number of carbonyl (C=O) groups is 1. The van der Waals surface area contributed by atoms with Crippen LogP contribution in [-0.4, -0.2) is 46.9 Å². The molecule has 1 atom stereocenters. The standard InChI is InChI=1S/C22H25N3O3S2/c1-24(2)20(21-10-7-15-29-21)16-23-22(26)17-11-13-19(14-12-17)30(27,28)25(3)18-8-5-4-6-9-18/h4-15,20H,16H2,1-3H3,(H,23,26)/t20-/m1/s1. The van der Waals surface area contributed by atoms with Gasteiger partial charge in [0, 0.05) is 24.0 Å². The molecule has 2 aromatic carbocycles. The van der Waals surface area contributed by atoms with Crippen molar-refractivity contribution < 1.29 is 13.2 Å². The van der Waals surface area contributed by atoms with Crippen LogP contribution in [0.1, 0.15) is 21.3 Å². The number of anilines is 1. The predicted molar refractivity (Wildman–Crippen MR) is 122 cm³/mol. The van der Waals surface area contributed by atoms with E-state index in [9.17, 15) is 13.2 Å². The van der Waals surface area contributed by atoms with Crippen LogP contribution in [0.3, 0.4) is 0 Å². The number of rotatable bonds is 8. The van der Waals surface area contributed by atoms with E-state index in [4.69, 9.17) is 0 Å². The Morgan fingerprint density at radius 1 is 0.967 bits per heavy atom. The topological polar surface area (TPSA) is 69.7 Å². The van der Waals surface area contributed by atoms with E-state index >= 15 is 0 Å². The molecule has 1 N–H and O–H groups in total. The number of hydrogen-bond donors (Lipinski definition) is 1. The van der Waals surface area contributed by atoms with E-state index in [1.165, 1.54) is 40.5 Å². The zero-order valence-electron chi connectivity index (χ0n) is 17.1. The minimum absolute atomic E-state index is 0.0770. The van der Waals surface area contributed by atoms with E-state index in [2.05, 4.69) is 10.2 Å². The van der Waals surface area contributed by atoms with Crippen LogP contribution in [0, 0.1) is 0 Å². The summed E-state index contributed by atoms with van der Waals surface area (Å²) in [7, 11) is 1.75. The molecule has 30 heavy (non-hydrogen) atoms. The summed E-state index contributed by atoms with van der Waals surface area (Å²) < 4.78 is 26.9. The molecule has 1 heterocycles. The van der Waals surface area contributed by atoms with E-state index in [-0.39, 0.29) is 16.8 Å². The van der Waals surface area contributed by atoms with Gasteiger partial charge in [0.2, 0.25) is 0 Å². The maximum Gasteiger partial charge on any atom is 0.264 e. The Labute approximate surface area is 181 Å². The van der Waals surface area contributed by atoms with Gasteiger partial charge in [0.05, 0.1) is 16.6 Å². The first kappa shape index (κ1) is 22.0. The molecule has 6 nitrogen and oxygen atoms in total. The zero-order valence-corrected chi connectivity index (χ0v) is 18.8. The third kappa shape index (κ3) is 4.89. The van der Waals surface area contributed by atoms with Gasteiger partial charge >= 0.3 is 0 Å². The summed E-state index contributed by atoms with van der Waals surface area (Å²) in [5.41, 5.74) is 0.989. The van der Waals surface area contributed by atoms with Crippen molar-refractivity contribution in [2.45, 2.75) is 10.9 Å². The van der Waals surface area contributed by atoms with Gasteiger partial charge in [-0.25, -0.2) is 8.42 Å². The number of hydrogen-bond acceptors (Lipinski definition) is 5. The van der Waals surface area contributed by atoms with Crippen molar-refractivity contribution in [3.05, 3.63) is 82.6 Å². The third-order valence-electron chi connectivity index (χ3n) is 4.85. The van der Waals surface area contributed by atoms with Crippen molar-refractivity contribution in [2.24, 2.45) is 0 Å². The molecule has 0 fully saturated rings. The Hall–Kier alpha value is -2.68. The number of likely N-dealkylation sites (N-methyl/N-ethyl adjacent to an activating group) is 1. The quantitative estimate of drug-likeness (QED) is 0.578. The summed E-state index contributed by atoms with van der Waals surface area (Å²) in [5.74, 6) is -0.237. The normalized spacial score (nSPS) is 12.5. The Balaban J connectivity index is 1.69. The summed E-state index contributed by atoms with van der Waals surface area (Å²) in [6, 6.07) is 19.0. The summed E-state index contributed by atoms with van der Waals surface area (Å²) >= 11 is 1.65. The van der Waals surface area contributed by atoms with Crippen molar-refractivity contribution >= 4 is 33.0 Å². The van der Waals surface area contributed by atoms with Crippen molar-refractivity contribution in [1.82, 2.24) is 10.2 Å². The van der Waals surface area contributed by atoms with Crippen molar-refractivity contribution in [3.63, 3.8) is 0 Å². The number of para-hydroxylation sites is 1. The Morgan fingerprint density at radius 2 is 1.63 bits per heavy atom. The molecule has 0 spiro atoms. The molecule has 0 aliphatic heterocycles. The number of benzene rings is 2. The average molecular weight is 444 g/mol. The molecule has 158 valence electrons. The van der Waals surface area contributed by atoms with E-state index in [0.29, 0.717) is 17.8 Å². The van der Waals surface area contributed by atoms with Gasteiger partial charge in [-0.3, -0.25) is 9.10 Å². The lowest BCUT2D eigenvalue weighted by Crippen LogP contribution is -2.34. The van der Waals surface area contributed by atoms with Gasteiger partial charge in [0.15, 0.2) is 0 Å². The molecule has 3 rings (SSSR count). The van der Waals surface area contributed by atoms with E-state index in [1.807, 2.05) is 37.7 Å². The lowest BCUT2D eigenvalue weighted by Gasteiger charge is -2.23. The maximum atomic E-state index is 12.9. The summed E-state index contributed by atoms with van der Waals surface area (Å²) in [4.78, 5) is 15.9. The van der Waals surface area contributed by atoms with E-state index < -0.39 is 10.0 Å². The molecule has 0 saturated carbocycles. The van der Waals surface area contributed by atoms with Crippen molar-refractivity contribution in [1.29, 1.82) is 0 Å². The Bertz CT molecular complexity index is 1060. The number of sulfonamides is 1. The fraction of sp³-hybridized carbons (Fsp3) is 0.227. The van der Waals surface area contributed by atoms with Gasteiger partial charge < -0.3 is 10.2 Å². The summed E-state index contributed by atoms with van der Waals surface area (Å²) in [6.07, 6.45) is 0. The minimum Gasteiger partial charge on any atom is -0.350 e. The van der Waals surface area contributed by atoms with Crippen LogP contribution in [0.5, 0.6) is 0 Å². The highest BCUT2D eigenvalue weighted by molar-refractivity contribution is 7.92. The second kappa shape index (κ2) is 9.42. The zero-order chi connectivity index (χ0) is 21.7. The second-order valence-electron chi connectivity index (χ2n) is 7.04. The molecule has 0 aliphatic carbocycles. The van der Waals surface area contributed by atoms with Gasteiger partial charge in [-0.2, -0.15) is 0 Å².